The summed E-state index contributed by atoms with van der Waals surface area (Å²) in [7, 11) is 0. The fraction of sp³-hybridized carbons (Fsp3) is 0.364. The number of carbonyl (C=O) groups is 1. The minimum Gasteiger partial charge on any atom is -0.443 e. The van der Waals surface area contributed by atoms with Crippen LogP contribution in [0, 0.1) is 0 Å². The molecule has 6 nitrogen and oxygen atoms in total. The van der Waals surface area contributed by atoms with Crippen LogP contribution in [0.5, 0.6) is 0 Å². The number of nitrogens with zero attached hydrogens (tertiary/aromatic N) is 4. The monoisotopic (exact) mass is 264 g/mol. The SMILES string of the molecule is CSN1C(=O)O[C@H](CN=[N+]=[N-])[C@H]1c1ccccc1. The second kappa shape index (κ2) is 5.66. The Labute approximate surface area is 109 Å². The molecule has 1 aromatic carbocycles. The maximum Gasteiger partial charge on any atom is 0.420 e. The first kappa shape index (κ1) is 12.6. The molecule has 1 saturated heterocycles. The van der Waals surface area contributed by atoms with Crippen molar-refractivity contribution >= 4 is 18.0 Å². The molecule has 0 saturated carbocycles. The van der Waals surface area contributed by atoms with Gasteiger partial charge in [-0.25, -0.2) is 9.10 Å². The average Bonchev–Trinajstić information content (AvgIpc) is 2.73. The third kappa shape index (κ3) is 2.37. The van der Waals surface area contributed by atoms with E-state index in [9.17, 15) is 4.79 Å². The van der Waals surface area contributed by atoms with Gasteiger partial charge in [0.25, 0.3) is 0 Å². The fourth-order valence-corrected chi connectivity index (χ4v) is 2.63. The molecule has 0 N–H and O–H groups in total. The van der Waals surface area contributed by atoms with Crippen molar-refractivity contribution in [2.24, 2.45) is 5.11 Å². The summed E-state index contributed by atoms with van der Waals surface area (Å²) in [6.45, 7) is 0.138. The van der Waals surface area contributed by atoms with E-state index in [0.717, 1.165) is 5.56 Å². The molecule has 0 radical (unpaired) electrons. The van der Waals surface area contributed by atoms with Gasteiger partial charge < -0.3 is 4.74 Å². The van der Waals surface area contributed by atoms with E-state index in [0.29, 0.717) is 0 Å². The van der Waals surface area contributed by atoms with Crippen molar-refractivity contribution in [3.8, 4) is 0 Å². The van der Waals surface area contributed by atoms with Crippen LogP contribution in [0.25, 0.3) is 10.4 Å². The summed E-state index contributed by atoms with van der Waals surface area (Å²) >= 11 is 1.30. The Morgan fingerprint density at radius 3 is 2.83 bits per heavy atom. The van der Waals surface area contributed by atoms with Crippen molar-refractivity contribution in [1.82, 2.24) is 4.31 Å². The van der Waals surface area contributed by atoms with Crippen LogP contribution < -0.4 is 0 Å². The van der Waals surface area contributed by atoms with Crippen LogP contribution in [-0.2, 0) is 4.74 Å². The van der Waals surface area contributed by atoms with Gasteiger partial charge in [0.15, 0.2) is 0 Å². The number of cyclic esters (lactones) is 1. The summed E-state index contributed by atoms with van der Waals surface area (Å²) in [5, 5.41) is 3.50. The highest BCUT2D eigenvalue weighted by atomic mass is 32.2. The maximum absolute atomic E-state index is 11.7. The summed E-state index contributed by atoms with van der Waals surface area (Å²) in [5.74, 6) is 0. The molecule has 1 aliphatic heterocycles. The Bertz CT molecular complexity index is 475. The topological polar surface area (TPSA) is 78.3 Å². The average molecular weight is 264 g/mol. The van der Waals surface area contributed by atoms with E-state index >= 15 is 0 Å². The first-order valence-corrected chi connectivity index (χ1v) is 6.56. The third-order valence-corrected chi connectivity index (χ3v) is 3.47. The highest BCUT2D eigenvalue weighted by molar-refractivity contribution is 7.96. The van der Waals surface area contributed by atoms with Crippen LogP contribution in [0.4, 0.5) is 4.79 Å². The Balaban J connectivity index is 2.30. The van der Waals surface area contributed by atoms with Gasteiger partial charge in [0.2, 0.25) is 0 Å². The highest BCUT2D eigenvalue weighted by Crippen LogP contribution is 2.37. The molecule has 1 amide bonds. The van der Waals surface area contributed by atoms with Crippen LogP contribution >= 0.6 is 11.9 Å². The van der Waals surface area contributed by atoms with Crippen molar-refractivity contribution in [3.63, 3.8) is 0 Å². The van der Waals surface area contributed by atoms with Crippen molar-refractivity contribution in [2.45, 2.75) is 12.1 Å². The molecule has 94 valence electrons. The zero-order valence-corrected chi connectivity index (χ0v) is 10.6. The second-order valence-corrected chi connectivity index (χ2v) is 4.46. The van der Waals surface area contributed by atoms with Gasteiger partial charge in [-0.15, -0.1) is 0 Å². The number of amides is 1. The van der Waals surface area contributed by atoms with E-state index in [1.165, 1.54) is 11.9 Å². The van der Waals surface area contributed by atoms with Gasteiger partial charge >= 0.3 is 6.09 Å². The van der Waals surface area contributed by atoms with Crippen LogP contribution in [-0.4, -0.2) is 29.3 Å². The van der Waals surface area contributed by atoms with Gasteiger partial charge in [-0.05, 0) is 23.0 Å². The predicted molar refractivity (Wildman–Crippen MR) is 68.8 cm³/mol. The van der Waals surface area contributed by atoms with Crippen LogP contribution in [0.1, 0.15) is 11.6 Å². The lowest BCUT2D eigenvalue weighted by Gasteiger charge is -2.21. The Kier molecular flexibility index (Phi) is 3.96. The molecule has 1 aliphatic rings. The number of ether oxygens (including phenoxy) is 1. The fourth-order valence-electron chi connectivity index (χ4n) is 1.95. The van der Waals surface area contributed by atoms with Crippen LogP contribution in [0.3, 0.4) is 0 Å². The largest absolute Gasteiger partial charge is 0.443 e. The summed E-state index contributed by atoms with van der Waals surface area (Å²) in [4.78, 5) is 14.4. The van der Waals surface area contributed by atoms with Crippen LogP contribution in [0.15, 0.2) is 35.4 Å². The predicted octanol–water partition coefficient (Wildman–Crippen LogP) is 3.14. The molecule has 7 heteroatoms. The van der Waals surface area contributed by atoms with Gasteiger partial charge in [0.1, 0.15) is 12.1 Å². The third-order valence-electron chi connectivity index (χ3n) is 2.70. The lowest BCUT2D eigenvalue weighted by atomic mass is 10.0. The standard InChI is InChI=1S/C11H12N4O2S/c1-18-15-10(8-5-3-2-4-6-8)9(7-13-14-12)17-11(15)16/h2-6,9-10H,7H2,1H3/t9-,10-/m1/s1. The molecule has 0 bridgehead atoms. The summed E-state index contributed by atoms with van der Waals surface area (Å²) in [5.41, 5.74) is 9.34. The molecular weight excluding hydrogens is 252 g/mol. The Hall–Kier alpha value is -1.85. The zero-order chi connectivity index (χ0) is 13.0. The van der Waals surface area contributed by atoms with E-state index in [2.05, 4.69) is 10.0 Å². The summed E-state index contributed by atoms with van der Waals surface area (Å²) < 4.78 is 6.80. The first-order chi connectivity index (χ1) is 8.77. The lowest BCUT2D eigenvalue weighted by molar-refractivity contribution is 0.135. The Morgan fingerprint density at radius 1 is 1.50 bits per heavy atom. The molecule has 0 aromatic heterocycles. The van der Waals surface area contributed by atoms with Crippen molar-refractivity contribution < 1.29 is 9.53 Å². The molecule has 0 unspecified atom stereocenters. The van der Waals surface area contributed by atoms with E-state index in [1.807, 2.05) is 36.6 Å². The highest BCUT2D eigenvalue weighted by Gasteiger charge is 2.42. The van der Waals surface area contributed by atoms with E-state index in [-0.39, 0.29) is 12.6 Å². The van der Waals surface area contributed by atoms with E-state index < -0.39 is 12.2 Å². The normalized spacial score (nSPS) is 22.5. The molecule has 18 heavy (non-hydrogen) atoms. The van der Waals surface area contributed by atoms with Crippen molar-refractivity contribution in [2.75, 3.05) is 12.8 Å². The van der Waals surface area contributed by atoms with Gasteiger partial charge in [0, 0.05) is 11.2 Å². The molecular formula is C11H12N4O2S. The molecule has 2 rings (SSSR count). The quantitative estimate of drug-likeness (QED) is 0.362. The summed E-state index contributed by atoms with van der Waals surface area (Å²) in [6.07, 6.45) is 0.977. The molecule has 1 aromatic rings. The van der Waals surface area contributed by atoms with Gasteiger partial charge in [0.05, 0.1) is 6.54 Å². The molecule has 1 fully saturated rings. The smallest absolute Gasteiger partial charge is 0.420 e. The molecule has 0 spiro atoms. The number of rotatable bonds is 4. The van der Waals surface area contributed by atoms with E-state index in [4.69, 9.17) is 10.3 Å². The van der Waals surface area contributed by atoms with Gasteiger partial charge in [-0.3, -0.25) is 0 Å². The first-order valence-electron chi connectivity index (χ1n) is 5.37. The van der Waals surface area contributed by atoms with Crippen molar-refractivity contribution in [1.29, 1.82) is 0 Å². The maximum atomic E-state index is 11.7. The number of carbonyl (C=O) groups excluding carboxylic acids is 1. The van der Waals surface area contributed by atoms with E-state index in [1.54, 1.807) is 4.31 Å². The number of benzene rings is 1. The minimum absolute atomic E-state index is 0.138. The molecule has 0 aliphatic carbocycles. The number of azide groups is 1. The Morgan fingerprint density at radius 2 is 2.22 bits per heavy atom. The molecule has 2 atom stereocenters. The number of hydrogen-bond acceptors (Lipinski definition) is 4. The number of hydrogen-bond donors (Lipinski definition) is 0. The van der Waals surface area contributed by atoms with Gasteiger partial charge in [-0.1, -0.05) is 35.4 Å². The summed E-state index contributed by atoms with van der Waals surface area (Å²) in [6, 6.07) is 9.35. The zero-order valence-electron chi connectivity index (χ0n) is 9.76. The second-order valence-electron chi connectivity index (χ2n) is 3.70. The minimum atomic E-state index is -0.441. The molecule has 1 heterocycles. The van der Waals surface area contributed by atoms with Crippen molar-refractivity contribution in [3.05, 3.63) is 46.3 Å². The van der Waals surface area contributed by atoms with Gasteiger partial charge in [-0.2, -0.15) is 0 Å². The van der Waals surface area contributed by atoms with Crippen LogP contribution in [0.2, 0.25) is 0 Å². The lowest BCUT2D eigenvalue weighted by Crippen LogP contribution is -2.24.